The molecular formula is C41H52F3N9O9. The number of aromatic nitrogens is 4. The van der Waals surface area contributed by atoms with E-state index in [1.54, 1.807) is 27.7 Å². The van der Waals surface area contributed by atoms with E-state index < -0.39 is 53.8 Å². The fraction of sp³-hybridized carbons (Fsp3) is 0.439. The van der Waals surface area contributed by atoms with Gasteiger partial charge in [-0.1, -0.05) is 58.0 Å². The number of nitrogens with zero attached hydrogens (tertiary/aromatic N) is 4. The van der Waals surface area contributed by atoms with Crippen LogP contribution in [0.1, 0.15) is 76.0 Å². The molecule has 0 bridgehead atoms. The molecule has 4 rings (SSSR count). The third-order valence-electron chi connectivity index (χ3n) is 8.26. The number of alkyl halides is 3. The van der Waals surface area contributed by atoms with Gasteiger partial charge in [0.15, 0.2) is 17.0 Å². The summed E-state index contributed by atoms with van der Waals surface area (Å²) in [5.41, 5.74) is -0.808. The highest BCUT2D eigenvalue weighted by molar-refractivity contribution is 5.99. The summed E-state index contributed by atoms with van der Waals surface area (Å²) in [5, 5.41) is 10.3. The maximum atomic E-state index is 13.7. The summed E-state index contributed by atoms with van der Waals surface area (Å²) >= 11 is 0. The molecule has 0 aliphatic carbocycles. The topological polar surface area (TPSA) is 236 Å². The quantitative estimate of drug-likeness (QED) is 0.0598. The van der Waals surface area contributed by atoms with Crippen molar-refractivity contribution in [3.63, 3.8) is 0 Å². The molecular weight excluding hydrogens is 819 g/mol. The van der Waals surface area contributed by atoms with Gasteiger partial charge >= 0.3 is 18.2 Å². The van der Waals surface area contributed by atoms with Crippen LogP contribution in [-0.4, -0.2) is 94.5 Å². The number of hydrogen-bond acceptors (Lipinski definition) is 12. The summed E-state index contributed by atoms with van der Waals surface area (Å²) in [6.07, 6.45) is -4.46. The number of halogens is 3. The Hall–Kier alpha value is -6.48. The minimum absolute atomic E-state index is 0.0758. The zero-order chi connectivity index (χ0) is 45.9. The number of aromatic amines is 1. The maximum absolute atomic E-state index is 13.7. The molecule has 18 nitrogen and oxygen atoms in total. The molecule has 5 N–H and O–H groups in total. The monoisotopic (exact) mass is 871 g/mol. The number of carbonyl (C=O) groups excluding carboxylic acids is 5. The van der Waals surface area contributed by atoms with Gasteiger partial charge in [0.2, 0.25) is 17.8 Å². The van der Waals surface area contributed by atoms with Crippen molar-refractivity contribution in [2.75, 3.05) is 43.1 Å². The maximum Gasteiger partial charge on any atom is 0.471 e. The van der Waals surface area contributed by atoms with E-state index in [2.05, 4.69) is 41.2 Å². The molecule has 0 fully saturated rings. The average molecular weight is 872 g/mol. The number of anilines is 2. The molecule has 336 valence electrons. The Balaban J connectivity index is 0.00000504. The zero-order valence-corrected chi connectivity index (χ0v) is 35.3. The Morgan fingerprint density at radius 3 is 2.13 bits per heavy atom. The summed E-state index contributed by atoms with van der Waals surface area (Å²) in [4.78, 5) is 88.8. The molecule has 0 saturated heterocycles. The number of ether oxygens (including phenoxy) is 3. The number of nitrogens with one attached hydrogen (secondary N) is 5. The Kier molecular flexibility index (Phi) is 19.4. The van der Waals surface area contributed by atoms with Crippen molar-refractivity contribution >= 4 is 52.5 Å². The molecule has 4 aromatic rings. The van der Waals surface area contributed by atoms with Crippen LogP contribution in [-0.2, 0) is 41.7 Å². The molecule has 0 aliphatic rings. The smallest absolute Gasteiger partial charge is 0.445 e. The third-order valence-corrected chi connectivity index (χ3v) is 8.26. The Bertz CT molecular complexity index is 2170. The van der Waals surface area contributed by atoms with Crippen LogP contribution in [0, 0.1) is 5.92 Å². The molecule has 0 saturated carbocycles. The lowest BCUT2D eigenvalue weighted by atomic mass is 10.1. The van der Waals surface area contributed by atoms with E-state index in [4.69, 9.17) is 14.2 Å². The predicted molar refractivity (Wildman–Crippen MR) is 222 cm³/mol. The minimum Gasteiger partial charge on any atom is -0.445 e. The number of fused-ring (bicyclic) bond motifs is 1. The fourth-order valence-electron chi connectivity index (χ4n) is 5.13. The lowest BCUT2D eigenvalue weighted by Gasteiger charge is -2.26. The predicted octanol–water partition coefficient (Wildman–Crippen LogP) is 4.75. The molecule has 0 spiro atoms. The number of hydrogen-bond donors (Lipinski definition) is 5. The van der Waals surface area contributed by atoms with E-state index in [9.17, 15) is 41.9 Å². The summed E-state index contributed by atoms with van der Waals surface area (Å²) in [6, 6.07) is 14.0. The first kappa shape index (κ1) is 49.9. The number of amides is 5. The van der Waals surface area contributed by atoms with Crippen LogP contribution in [0.5, 0.6) is 0 Å². The largest absolute Gasteiger partial charge is 0.471 e. The van der Waals surface area contributed by atoms with Crippen molar-refractivity contribution in [3.8, 4) is 0 Å². The van der Waals surface area contributed by atoms with Gasteiger partial charge in [-0.15, -0.1) is 0 Å². The van der Waals surface area contributed by atoms with E-state index in [1.807, 2.05) is 44.2 Å². The van der Waals surface area contributed by atoms with Gasteiger partial charge < -0.3 is 30.2 Å². The van der Waals surface area contributed by atoms with Gasteiger partial charge in [0.1, 0.15) is 6.61 Å². The first-order chi connectivity index (χ1) is 29.4. The first-order valence-electron chi connectivity index (χ1n) is 19.7. The molecule has 2 aromatic heterocycles. The minimum atomic E-state index is -5.28. The lowest BCUT2D eigenvalue weighted by molar-refractivity contribution is -0.211. The standard InChI is InChI=1S/C39H46F3N9O9.C2H6/c1-24(2)32(53)49-36-48-31-30(34(55)50-36)47-27(21-46-31)22-51(35(56)39(40,41)42)28-14-12-26(13-15-28)33(54)44-16-8-11-29(52)43-17-19-59-38(3,4)60-20-18-45-37(57)58-23-25-9-6-5-7-10-25;1-2/h5-7,9-10,12-15,21,24H,8,11,16-20,22-23H2,1-4H3,(H,43,52)(H,44,54)(H,45,57)(H2,46,48,49,50,53,55);1-2H3. The summed E-state index contributed by atoms with van der Waals surface area (Å²) in [7, 11) is 0. The van der Waals surface area contributed by atoms with Crippen molar-refractivity contribution in [2.45, 2.75) is 79.5 Å². The van der Waals surface area contributed by atoms with Crippen LogP contribution in [0.3, 0.4) is 0 Å². The van der Waals surface area contributed by atoms with E-state index in [1.165, 1.54) is 12.1 Å². The molecule has 0 radical (unpaired) electrons. The van der Waals surface area contributed by atoms with Gasteiger partial charge in [-0.3, -0.25) is 39.2 Å². The summed E-state index contributed by atoms with van der Waals surface area (Å²) in [6.45, 7) is 10.8. The van der Waals surface area contributed by atoms with E-state index in [0.717, 1.165) is 23.9 Å². The van der Waals surface area contributed by atoms with Crippen LogP contribution in [0.4, 0.5) is 29.6 Å². The third kappa shape index (κ3) is 16.5. The number of rotatable bonds is 20. The number of alkyl carbamates (subject to hydrolysis) is 1. The van der Waals surface area contributed by atoms with E-state index in [-0.39, 0.29) is 92.3 Å². The van der Waals surface area contributed by atoms with Crippen LogP contribution in [0.25, 0.3) is 11.2 Å². The molecule has 21 heteroatoms. The second-order valence-electron chi connectivity index (χ2n) is 13.8. The van der Waals surface area contributed by atoms with Crippen molar-refractivity contribution in [1.29, 1.82) is 0 Å². The molecule has 0 aliphatic heterocycles. The normalized spacial score (nSPS) is 11.3. The van der Waals surface area contributed by atoms with Crippen molar-refractivity contribution in [1.82, 2.24) is 35.9 Å². The van der Waals surface area contributed by atoms with E-state index >= 15 is 0 Å². The Morgan fingerprint density at radius 1 is 0.855 bits per heavy atom. The second-order valence-corrected chi connectivity index (χ2v) is 13.8. The molecule has 5 amide bonds. The lowest BCUT2D eigenvalue weighted by Crippen LogP contribution is -2.41. The highest BCUT2D eigenvalue weighted by atomic mass is 19.4. The first-order valence-corrected chi connectivity index (χ1v) is 19.7. The zero-order valence-electron chi connectivity index (χ0n) is 35.3. The van der Waals surface area contributed by atoms with Crippen LogP contribution in [0.15, 0.2) is 65.6 Å². The average Bonchev–Trinajstić information content (AvgIpc) is 3.24. The Morgan fingerprint density at radius 2 is 1.50 bits per heavy atom. The molecule has 0 atom stereocenters. The highest BCUT2D eigenvalue weighted by Crippen LogP contribution is 2.26. The fourth-order valence-corrected chi connectivity index (χ4v) is 5.13. The number of carbonyl (C=O) groups is 5. The van der Waals surface area contributed by atoms with Crippen molar-refractivity contribution in [2.24, 2.45) is 5.92 Å². The van der Waals surface area contributed by atoms with Crippen LogP contribution in [0.2, 0.25) is 0 Å². The molecule has 62 heavy (non-hydrogen) atoms. The van der Waals surface area contributed by atoms with E-state index in [0.29, 0.717) is 4.90 Å². The molecule has 2 aromatic carbocycles. The van der Waals surface area contributed by atoms with Gasteiger partial charge in [-0.25, -0.2) is 14.8 Å². The Labute approximate surface area is 355 Å². The SMILES string of the molecule is CC.CC(C)C(=O)Nc1nc2ncc(CN(C(=O)C(F)(F)F)c3ccc(C(=O)NCCCC(=O)NCCOC(C)(C)OCCNC(=O)OCc4ccccc4)cc3)nc2c(=O)[nH]1. The number of H-pyrrole nitrogens is 1. The van der Waals surface area contributed by atoms with Crippen LogP contribution >= 0.6 is 0 Å². The summed E-state index contributed by atoms with van der Waals surface area (Å²) in [5.74, 6) is -5.12. The molecule has 0 unspecified atom stereocenters. The van der Waals surface area contributed by atoms with Crippen LogP contribution < -0.4 is 31.7 Å². The molecule has 2 heterocycles. The van der Waals surface area contributed by atoms with Crippen molar-refractivity contribution in [3.05, 3.63) is 88.0 Å². The van der Waals surface area contributed by atoms with Gasteiger partial charge in [0.05, 0.1) is 31.6 Å². The number of benzene rings is 2. The highest BCUT2D eigenvalue weighted by Gasteiger charge is 2.43. The summed E-state index contributed by atoms with van der Waals surface area (Å²) < 4.78 is 57.5. The van der Waals surface area contributed by atoms with Gasteiger partial charge in [-0.05, 0) is 50.1 Å². The van der Waals surface area contributed by atoms with Gasteiger partial charge in [0.25, 0.3) is 11.5 Å². The second kappa shape index (κ2) is 24.1. The van der Waals surface area contributed by atoms with Gasteiger partial charge in [-0.2, -0.15) is 18.2 Å². The van der Waals surface area contributed by atoms with Gasteiger partial charge in [0, 0.05) is 43.2 Å². The van der Waals surface area contributed by atoms with Crippen molar-refractivity contribution < 1.29 is 51.4 Å².